The SMILES string of the molecule is CC(C)CCC1=C(C(F)(F)F)N(c2ccccc2)CN1Cc1ccc(-c2ccccc2-c2nn[nH]n2)cc1. The third-order valence-corrected chi connectivity index (χ3v) is 6.68. The normalized spacial score (nSPS) is 14.2. The van der Waals surface area contributed by atoms with Gasteiger partial charge in [0.15, 0.2) is 0 Å². The zero-order valence-electron chi connectivity index (χ0n) is 21.3. The third-order valence-electron chi connectivity index (χ3n) is 6.68. The van der Waals surface area contributed by atoms with Crippen LogP contribution in [0.15, 0.2) is 90.3 Å². The highest BCUT2D eigenvalue weighted by atomic mass is 19.4. The summed E-state index contributed by atoms with van der Waals surface area (Å²) in [6.07, 6.45) is -3.41. The van der Waals surface area contributed by atoms with E-state index in [1.165, 1.54) is 4.90 Å². The number of hydrogen-bond donors (Lipinski definition) is 1. The molecule has 1 aromatic heterocycles. The average molecular weight is 519 g/mol. The predicted octanol–water partition coefficient (Wildman–Crippen LogP) is 7.02. The zero-order chi connectivity index (χ0) is 26.7. The summed E-state index contributed by atoms with van der Waals surface area (Å²) in [4.78, 5) is 3.26. The molecule has 1 N–H and O–H groups in total. The molecular formula is C29H29F3N6. The van der Waals surface area contributed by atoms with Crippen LogP contribution >= 0.6 is 0 Å². The second kappa shape index (κ2) is 10.7. The van der Waals surface area contributed by atoms with E-state index < -0.39 is 11.9 Å². The summed E-state index contributed by atoms with van der Waals surface area (Å²) in [6.45, 7) is 4.60. The molecule has 38 heavy (non-hydrogen) atoms. The molecule has 0 unspecified atom stereocenters. The van der Waals surface area contributed by atoms with E-state index in [0.717, 1.165) is 22.3 Å². The van der Waals surface area contributed by atoms with Gasteiger partial charge in [-0.1, -0.05) is 80.6 Å². The summed E-state index contributed by atoms with van der Waals surface area (Å²) >= 11 is 0. The van der Waals surface area contributed by atoms with Crippen LogP contribution in [0.1, 0.15) is 32.3 Å². The van der Waals surface area contributed by atoms with Crippen molar-refractivity contribution in [1.29, 1.82) is 0 Å². The van der Waals surface area contributed by atoms with Gasteiger partial charge >= 0.3 is 6.18 Å². The number of alkyl halides is 3. The highest BCUT2D eigenvalue weighted by Gasteiger charge is 2.46. The minimum absolute atomic E-state index is 0.148. The van der Waals surface area contributed by atoms with E-state index >= 15 is 0 Å². The van der Waals surface area contributed by atoms with Gasteiger partial charge in [-0.05, 0) is 52.8 Å². The second-order valence-electron chi connectivity index (χ2n) is 9.81. The molecule has 0 aliphatic carbocycles. The van der Waals surface area contributed by atoms with Crippen molar-refractivity contribution < 1.29 is 13.2 Å². The van der Waals surface area contributed by atoms with E-state index in [2.05, 4.69) is 20.6 Å². The molecule has 5 rings (SSSR count). The number of nitrogens with zero attached hydrogens (tertiary/aromatic N) is 5. The molecular weight excluding hydrogens is 489 g/mol. The predicted molar refractivity (Wildman–Crippen MR) is 142 cm³/mol. The molecule has 0 amide bonds. The molecule has 1 aliphatic rings. The third kappa shape index (κ3) is 5.41. The van der Waals surface area contributed by atoms with Gasteiger partial charge < -0.3 is 9.80 Å². The zero-order valence-corrected chi connectivity index (χ0v) is 21.3. The maximum Gasteiger partial charge on any atom is 0.433 e. The van der Waals surface area contributed by atoms with Crippen molar-refractivity contribution in [2.24, 2.45) is 5.92 Å². The molecule has 2 heterocycles. The van der Waals surface area contributed by atoms with Gasteiger partial charge in [-0.15, -0.1) is 10.2 Å². The van der Waals surface area contributed by atoms with E-state index in [-0.39, 0.29) is 6.67 Å². The first-order valence-corrected chi connectivity index (χ1v) is 12.6. The highest BCUT2D eigenvalue weighted by Crippen LogP contribution is 2.42. The fourth-order valence-electron chi connectivity index (χ4n) is 4.83. The van der Waals surface area contributed by atoms with Gasteiger partial charge in [0.1, 0.15) is 5.70 Å². The summed E-state index contributed by atoms with van der Waals surface area (Å²) in [7, 11) is 0. The first-order valence-electron chi connectivity index (χ1n) is 12.6. The molecule has 6 nitrogen and oxygen atoms in total. The second-order valence-corrected chi connectivity index (χ2v) is 9.81. The number of benzene rings is 3. The Morgan fingerprint density at radius 2 is 1.58 bits per heavy atom. The molecule has 1 aliphatic heterocycles. The summed E-state index contributed by atoms with van der Waals surface area (Å²) in [5, 5.41) is 14.3. The lowest BCUT2D eigenvalue weighted by atomic mass is 9.98. The summed E-state index contributed by atoms with van der Waals surface area (Å²) in [5.74, 6) is 0.797. The summed E-state index contributed by atoms with van der Waals surface area (Å²) in [5.41, 5.74) is 4.03. The van der Waals surface area contributed by atoms with Gasteiger partial charge in [0, 0.05) is 23.5 Å². The molecule has 0 bridgehead atoms. The minimum atomic E-state index is -4.46. The number of allylic oxidation sites excluding steroid dienone is 2. The Bertz CT molecular complexity index is 1380. The van der Waals surface area contributed by atoms with E-state index in [0.29, 0.717) is 42.5 Å². The lowest BCUT2D eigenvalue weighted by Gasteiger charge is -2.25. The summed E-state index contributed by atoms with van der Waals surface area (Å²) in [6, 6.07) is 24.5. The number of rotatable bonds is 8. The molecule has 0 radical (unpaired) electrons. The quantitative estimate of drug-likeness (QED) is 0.272. The minimum Gasteiger partial charge on any atom is -0.351 e. The van der Waals surface area contributed by atoms with Crippen LogP contribution in [0.2, 0.25) is 0 Å². The van der Waals surface area contributed by atoms with Gasteiger partial charge in [0.2, 0.25) is 5.82 Å². The Hall–Kier alpha value is -4.14. The van der Waals surface area contributed by atoms with Gasteiger partial charge in [-0.25, -0.2) is 0 Å². The number of halogens is 3. The van der Waals surface area contributed by atoms with Crippen LogP contribution in [0.25, 0.3) is 22.5 Å². The van der Waals surface area contributed by atoms with Crippen molar-refractivity contribution in [1.82, 2.24) is 25.5 Å². The van der Waals surface area contributed by atoms with Crippen molar-refractivity contribution in [2.45, 2.75) is 39.4 Å². The van der Waals surface area contributed by atoms with Gasteiger partial charge in [-0.3, -0.25) is 0 Å². The maximum atomic E-state index is 14.4. The average Bonchev–Trinajstić information content (AvgIpc) is 3.57. The van der Waals surface area contributed by atoms with Crippen LogP contribution in [0, 0.1) is 5.92 Å². The number of tetrazole rings is 1. The van der Waals surface area contributed by atoms with Gasteiger partial charge in [0.05, 0.1) is 6.67 Å². The molecule has 0 saturated heterocycles. The number of aromatic nitrogens is 4. The number of anilines is 1. The maximum absolute atomic E-state index is 14.4. The standard InChI is InChI=1S/C29H29F3N6/c1-20(2)12-17-26-27(29(30,31)32)38(23-8-4-3-5-9-23)19-37(26)18-21-13-15-22(16-14-21)24-10-6-7-11-25(24)28-33-35-36-34-28/h3-11,13-16,20H,12,17-19H2,1-2H3,(H,33,34,35,36). The Morgan fingerprint density at radius 3 is 2.21 bits per heavy atom. The van der Waals surface area contributed by atoms with Crippen LogP contribution in [0.4, 0.5) is 18.9 Å². The molecule has 196 valence electrons. The van der Waals surface area contributed by atoms with Crippen molar-refractivity contribution in [3.05, 3.63) is 95.8 Å². The fourth-order valence-corrected chi connectivity index (χ4v) is 4.83. The van der Waals surface area contributed by atoms with Crippen molar-refractivity contribution in [3.63, 3.8) is 0 Å². The van der Waals surface area contributed by atoms with Gasteiger partial charge in [0.25, 0.3) is 0 Å². The van der Waals surface area contributed by atoms with Crippen LogP contribution in [-0.2, 0) is 6.54 Å². The van der Waals surface area contributed by atoms with E-state index in [1.807, 2.05) is 73.3 Å². The van der Waals surface area contributed by atoms with Gasteiger partial charge in [-0.2, -0.15) is 18.4 Å². The van der Waals surface area contributed by atoms with Crippen LogP contribution in [-0.4, -0.2) is 38.4 Å². The number of H-pyrrole nitrogens is 1. The Labute approximate surface area is 219 Å². The lowest BCUT2D eigenvalue weighted by Crippen LogP contribution is -2.31. The first-order chi connectivity index (χ1) is 18.3. The van der Waals surface area contributed by atoms with E-state index in [1.54, 1.807) is 24.3 Å². The topological polar surface area (TPSA) is 60.9 Å². The number of hydrogen-bond acceptors (Lipinski definition) is 5. The number of para-hydroxylation sites is 1. The first kappa shape index (κ1) is 25.5. The number of aromatic amines is 1. The lowest BCUT2D eigenvalue weighted by molar-refractivity contribution is -0.0934. The molecule has 0 saturated carbocycles. The summed E-state index contributed by atoms with van der Waals surface area (Å²) < 4.78 is 43.3. The Kier molecular flexibility index (Phi) is 7.18. The van der Waals surface area contributed by atoms with E-state index in [9.17, 15) is 13.2 Å². The van der Waals surface area contributed by atoms with Crippen LogP contribution in [0.5, 0.6) is 0 Å². The monoisotopic (exact) mass is 518 g/mol. The molecule has 9 heteroatoms. The molecule has 3 aromatic carbocycles. The van der Waals surface area contributed by atoms with Crippen molar-refractivity contribution in [3.8, 4) is 22.5 Å². The number of nitrogens with one attached hydrogen (secondary N) is 1. The molecule has 4 aromatic rings. The molecule has 0 spiro atoms. The fraction of sp³-hybridized carbons (Fsp3) is 0.276. The Morgan fingerprint density at radius 1 is 0.895 bits per heavy atom. The van der Waals surface area contributed by atoms with Crippen molar-refractivity contribution >= 4 is 5.69 Å². The largest absolute Gasteiger partial charge is 0.433 e. The van der Waals surface area contributed by atoms with Crippen LogP contribution < -0.4 is 4.90 Å². The highest BCUT2D eigenvalue weighted by molar-refractivity contribution is 5.80. The molecule has 0 atom stereocenters. The van der Waals surface area contributed by atoms with Crippen molar-refractivity contribution in [2.75, 3.05) is 11.6 Å². The van der Waals surface area contributed by atoms with Crippen LogP contribution in [0.3, 0.4) is 0 Å². The smallest absolute Gasteiger partial charge is 0.351 e. The Balaban J connectivity index is 1.45. The molecule has 0 fully saturated rings. The van der Waals surface area contributed by atoms with E-state index in [4.69, 9.17) is 0 Å².